The minimum absolute atomic E-state index is 0.0223. The highest BCUT2D eigenvalue weighted by Gasteiger charge is 2.24. The minimum Gasteiger partial charge on any atom is -0.379 e. The van der Waals surface area contributed by atoms with Gasteiger partial charge in [-0.25, -0.2) is 4.98 Å². The first-order valence-corrected chi connectivity index (χ1v) is 9.47. The molecular formula is C17H24N4O3S. The maximum atomic E-state index is 12.4. The summed E-state index contributed by atoms with van der Waals surface area (Å²) in [6, 6.07) is 0. The van der Waals surface area contributed by atoms with Crippen LogP contribution in [0, 0.1) is 6.92 Å². The predicted molar refractivity (Wildman–Crippen MR) is 96.3 cm³/mol. The van der Waals surface area contributed by atoms with Crippen molar-refractivity contribution >= 4 is 29.2 Å². The van der Waals surface area contributed by atoms with E-state index in [-0.39, 0.29) is 11.8 Å². The lowest BCUT2D eigenvalue weighted by atomic mass is 10.2. The van der Waals surface area contributed by atoms with Crippen molar-refractivity contribution in [1.29, 1.82) is 0 Å². The molecule has 136 valence electrons. The fraction of sp³-hybridized carbons (Fsp3) is 0.588. The van der Waals surface area contributed by atoms with Gasteiger partial charge in [0.1, 0.15) is 0 Å². The topological polar surface area (TPSA) is 66.0 Å². The largest absolute Gasteiger partial charge is 0.379 e. The molecular weight excluding hydrogens is 340 g/mol. The Morgan fingerprint density at radius 2 is 1.84 bits per heavy atom. The summed E-state index contributed by atoms with van der Waals surface area (Å²) in [6.45, 7) is 7.74. The van der Waals surface area contributed by atoms with E-state index in [0.717, 1.165) is 23.8 Å². The highest BCUT2D eigenvalue weighted by atomic mass is 32.1. The lowest BCUT2D eigenvalue weighted by molar-refractivity contribution is -0.138. The van der Waals surface area contributed by atoms with Crippen LogP contribution in [0.15, 0.2) is 11.5 Å². The van der Waals surface area contributed by atoms with Gasteiger partial charge in [0.15, 0.2) is 0 Å². The molecule has 0 atom stereocenters. The van der Waals surface area contributed by atoms with Crippen molar-refractivity contribution in [2.75, 3.05) is 59.0 Å². The van der Waals surface area contributed by atoms with Crippen molar-refractivity contribution in [3.63, 3.8) is 0 Å². The number of rotatable bonds is 4. The third-order valence-electron chi connectivity index (χ3n) is 4.44. The van der Waals surface area contributed by atoms with Crippen molar-refractivity contribution in [2.24, 2.45) is 0 Å². The molecule has 2 fully saturated rings. The highest BCUT2D eigenvalue weighted by Crippen LogP contribution is 2.10. The van der Waals surface area contributed by atoms with E-state index >= 15 is 0 Å². The van der Waals surface area contributed by atoms with Gasteiger partial charge in [-0.1, -0.05) is 0 Å². The maximum absolute atomic E-state index is 12.4. The van der Waals surface area contributed by atoms with E-state index in [1.54, 1.807) is 28.4 Å². The Kier molecular flexibility index (Phi) is 6.17. The fourth-order valence-electron chi connectivity index (χ4n) is 2.95. The van der Waals surface area contributed by atoms with Crippen molar-refractivity contribution in [2.45, 2.75) is 6.92 Å². The summed E-state index contributed by atoms with van der Waals surface area (Å²) in [7, 11) is 0. The number of piperazine rings is 1. The Morgan fingerprint density at radius 3 is 2.48 bits per heavy atom. The molecule has 1 aromatic heterocycles. The number of ether oxygens (including phenoxy) is 1. The molecule has 8 heteroatoms. The van der Waals surface area contributed by atoms with Crippen LogP contribution in [-0.4, -0.2) is 90.5 Å². The van der Waals surface area contributed by atoms with E-state index in [1.807, 2.05) is 17.2 Å². The molecule has 0 bridgehead atoms. The number of amides is 2. The van der Waals surface area contributed by atoms with Gasteiger partial charge in [-0.05, 0) is 13.0 Å². The second-order valence-electron chi connectivity index (χ2n) is 6.22. The van der Waals surface area contributed by atoms with Crippen LogP contribution in [0.4, 0.5) is 0 Å². The second-order valence-corrected chi connectivity index (χ2v) is 7.28. The normalized spacial score (nSPS) is 19.6. The number of nitrogens with zero attached hydrogens (tertiary/aromatic N) is 4. The van der Waals surface area contributed by atoms with Crippen molar-refractivity contribution < 1.29 is 14.3 Å². The Labute approximate surface area is 151 Å². The Hall–Kier alpha value is -1.77. The van der Waals surface area contributed by atoms with Crippen LogP contribution < -0.4 is 0 Å². The third-order valence-corrected chi connectivity index (χ3v) is 5.23. The molecule has 0 aliphatic carbocycles. The van der Waals surface area contributed by atoms with Gasteiger partial charge in [-0.3, -0.25) is 14.5 Å². The predicted octanol–water partition coefficient (Wildman–Crippen LogP) is 0.468. The van der Waals surface area contributed by atoms with Crippen LogP contribution in [0.25, 0.3) is 6.08 Å². The van der Waals surface area contributed by atoms with E-state index in [0.29, 0.717) is 45.9 Å². The number of carbonyl (C=O) groups is 2. The highest BCUT2D eigenvalue weighted by molar-refractivity contribution is 7.09. The zero-order valence-electron chi connectivity index (χ0n) is 14.5. The summed E-state index contributed by atoms with van der Waals surface area (Å²) in [6.07, 6.45) is 3.32. The van der Waals surface area contributed by atoms with E-state index < -0.39 is 0 Å². The lowest BCUT2D eigenvalue weighted by Gasteiger charge is -2.36. The van der Waals surface area contributed by atoms with Crippen molar-refractivity contribution in [3.05, 3.63) is 22.2 Å². The average Bonchev–Trinajstić information content (AvgIpc) is 3.06. The Morgan fingerprint density at radius 1 is 1.16 bits per heavy atom. The van der Waals surface area contributed by atoms with Gasteiger partial charge in [0.2, 0.25) is 11.8 Å². The number of carbonyl (C=O) groups excluding carboxylic acids is 2. The summed E-state index contributed by atoms with van der Waals surface area (Å²) in [5.74, 6) is 0.119. The van der Waals surface area contributed by atoms with E-state index in [2.05, 4.69) is 9.88 Å². The van der Waals surface area contributed by atoms with Crippen LogP contribution >= 0.6 is 11.3 Å². The molecule has 0 saturated carbocycles. The number of aryl methyl sites for hydroxylation is 1. The van der Waals surface area contributed by atoms with Gasteiger partial charge >= 0.3 is 0 Å². The number of hydrogen-bond donors (Lipinski definition) is 0. The molecule has 0 unspecified atom stereocenters. The molecule has 2 saturated heterocycles. The monoisotopic (exact) mass is 364 g/mol. The van der Waals surface area contributed by atoms with Crippen LogP contribution in [0.3, 0.4) is 0 Å². The lowest BCUT2D eigenvalue weighted by Crippen LogP contribution is -2.53. The SMILES string of the molecule is Cc1nc(/C=C/C(=O)N2CCN(C(=O)CN3CCOCC3)CC2)cs1. The van der Waals surface area contributed by atoms with Gasteiger partial charge in [0, 0.05) is 50.7 Å². The van der Waals surface area contributed by atoms with Gasteiger partial charge in [-0.2, -0.15) is 0 Å². The third kappa shape index (κ3) is 5.10. The van der Waals surface area contributed by atoms with Crippen LogP contribution in [0.5, 0.6) is 0 Å². The number of hydrogen-bond acceptors (Lipinski definition) is 6. The summed E-state index contributed by atoms with van der Waals surface area (Å²) in [5, 5.41) is 2.92. The van der Waals surface area contributed by atoms with Gasteiger partial charge < -0.3 is 14.5 Å². The molecule has 0 radical (unpaired) electrons. The zero-order chi connectivity index (χ0) is 17.6. The van der Waals surface area contributed by atoms with Crippen LogP contribution in [-0.2, 0) is 14.3 Å². The molecule has 25 heavy (non-hydrogen) atoms. The Bertz CT molecular complexity index is 632. The molecule has 2 amide bonds. The number of aromatic nitrogens is 1. The van der Waals surface area contributed by atoms with E-state index in [9.17, 15) is 9.59 Å². The smallest absolute Gasteiger partial charge is 0.246 e. The minimum atomic E-state index is -0.0223. The standard InChI is InChI=1S/C17H24N4O3S/c1-14-18-15(13-25-14)2-3-16(22)20-4-6-21(7-5-20)17(23)12-19-8-10-24-11-9-19/h2-3,13H,4-12H2,1H3/b3-2+. The molecule has 0 aromatic carbocycles. The molecule has 0 spiro atoms. The molecule has 2 aliphatic rings. The first-order valence-electron chi connectivity index (χ1n) is 8.59. The van der Waals surface area contributed by atoms with Gasteiger partial charge in [-0.15, -0.1) is 11.3 Å². The first-order chi connectivity index (χ1) is 12.1. The summed E-state index contributed by atoms with van der Waals surface area (Å²) in [5.41, 5.74) is 0.815. The average molecular weight is 364 g/mol. The summed E-state index contributed by atoms with van der Waals surface area (Å²) < 4.78 is 5.30. The number of morpholine rings is 1. The molecule has 2 aliphatic heterocycles. The fourth-order valence-corrected chi connectivity index (χ4v) is 3.53. The molecule has 0 N–H and O–H groups in total. The molecule has 3 heterocycles. The van der Waals surface area contributed by atoms with E-state index in [4.69, 9.17) is 4.74 Å². The van der Waals surface area contributed by atoms with Crippen LogP contribution in [0.1, 0.15) is 10.7 Å². The molecule has 1 aromatic rings. The van der Waals surface area contributed by atoms with Gasteiger partial charge in [0.05, 0.1) is 30.5 Å². The molecule has 7 nitrogen and oxygen atoms in total. The van der Waals surface area contributed by atoms with Crippen molar-refractivity contribution in [3.8, 4) is 0 Å². The maximum Gasteiger partial charge on any atom is 0.246 e. The van der Waals surface area contributed by atoms with Gasteiger partial charge in [0.25, 0.3) is 0 Å². The number of thiazole rings is 1. The zero-order valence-corrected chi connectivity index (χ0v) is 15.3. The summed E-state index contributed by atoms with van der Waals surface area (Å²) >= 11 is 1.57. The second kappa shape index (κ2) is 8.55. The summed E-state index contributed by atoms with van der Waals surface area (Å²) in [4.78, 5) is 34.7. The Balaban J connectivity index is 1.43. The quantitative estimate of drug-likeness (QED) is 0.727. The van der Waals surface area contributed by atoms with Crippen LogP contribution in [0.2, 0.25) is 0 Å². The first kappa shape index (κ1) is 18.0. The molecule has 3 rings (SSSR count). The van der Waals surface area contributed by atoms with E-state index in [1.165, 1.54) is 0 Å². The van der Waals surface area contributed by atoms with Crippen molar-refractivity contribution in [1.82, 2.24) is 19.7 Å².